The van der Waals surface area contributed by atoms with E-state index in [0.717, 1.165) is 231 Å². The van der Waals surface area contributed by atoms with Crippen LogP contribution in [0.5, 0.6) is 0 Å². The molecule has 0 unspecified atom stereocenters. The smallest absolute Gasteiger partial charge is 0.335 e. The Kier molecular flexibility index (Phi) is 27.0. The molecule has 0 radical (unpaired) electrons. The fraction of sp³-hybridized carbons (Fsp3) is 0.229. The summed E-state index contributed by atoms with van der Waals surface area (Å²) in [5, 5.41) is 25.7. The van der Waals surface area contributed by atoms with Crippen LogP contribution in [0.1, 0.15) is 175 Å². The highest BCUT2D eigenvalue weighted by Gasteiger charge is 2.28. The fourth-order valence-electron chi connectivity index (χ4n) is 17.7. The lowest BCUT2D eigenvalue weighted by atomic mass is 10.0. The summed E-state index contributed by atoms with van der Waals surface area (Å²) in [6, 6.07) is 56.1. The second kappa shape index (κ2) is 39.4. The highest BCUT2D eigenvalue weighted by Crippen LogP contribution is 2.43. The summed E-state index contributed by atoms with van der Waals surface area (Å²) in [6.07, 6.45) is 27.7. The molecule has 16 aromatic heterocycles. The van der Waals surface area contributed by atoms with Crippen molar-refractivity contribution in [1.29, 1.82) is 0 Å². The lowest BCUT2D eigenvalue weighted by Crippen LogP contribution is -2.10. The number of pyridine rings is 8. The van der Waals surface area contributed by atoms with Crippen LogP contribution in [0.2, 0.25) is 0 Å². The van der Waals surface area contributed by atoms with Gasteiger partial charge in [-0.2, -0.15) is 0 Å². The number of halogens is 1. The van der Waals surface area contributed by atoms with Crippen molar-refractivity contribution in [3.63, 3.8) is 0 Å². The molecule has 19 aromatic rings. The monoisotopic (exact) mass is 1850 g/mol. The van der Waals surface area contributed by atoms with Crippen molar-refractivity contribution in [3.05, 3.63) is 333 Å². The Balaban J connectivity index is 0.000000128. The zero-order valence-electron chi connectivity index (χ0n) is 75.4. The fourth-order valence-corrected chi connectivity index (χ4v) is 18.4. The van der Waals surface area contributed by atoms with Gasteiger partial charge in [-0.15, -0.1) is 0 Å². The number of aromatic carboxylic acids is 1. The van der Waals surface area contributed by atoms with E-state index in [1.165, 1.54) is 7.11 Å². The number of fused-ring (bicyclic) bond motifs is 4. The molecule has 19 rings (SSSR count). The number of aryl methyl sites for hydroxylation is 8. The van der Waals surface area contributed by atoms with E-state index in [4.69, 9.17) is 42.8 Å². The summed E-state index contributed by atoms with van der Waals surface area (Å²) in [4.78, 5) is 72.5. The Hall–Kier alpha value is -14.8. The molecule has 25 nitrogen and oxygen atoms in total. The number of carboxylic acid groups (broad SMARTS) is 1. The van der Waals surface area contributed by atoms with E-state index >= 15 is 0 Å². The predicted molar refractivity (Wildman–Crippen MR) is 516 cm³/mol. The number of aromatic nitrogens is 16. The van der Waals surface area contributed by atoms with Gasteiger partial charge in [-0.1, -0.05) is 133 Å². The van der Waals surface area contributed by atoms with E-state index in [0.29, 0.717) is 6.42 Å². The summed E-state index contributed by atoms with van der Waals surface area (Å²) < 4.78 is 36.6. The van der Waals surface area contributed by atoms with Crippen LogP contribution < -0.4 is 0 Å². The molecule has 4 atom stereocenters. The van der Waals surface area contributed by atoms with Gasteiger partial charge in [-0.05, 0) is 223 Å². The third kappa shape index (κ3) is 18.7. The van der Waals surface area contributed by atoms with Gasteiger partial charge < -0.3 is 46.2 Å². The number of methoxy groups -OCH3 is 1. The number of benzene rings is 3. The molecule has 3 aromatic carbocycles. The summed E-state index contributed by atoms with van der Waals surface area (Å²) in [5.41, 5.74) is 31.2. The molecular weight excluding hydrogens is 1760 g/mol. The molecule has 0 aliphatic rings. The van der Waals surface area contributed by atoms with Gasteiger partial charge in [-0.3, -0.25) is 49.5 Å². The molecule has 0 spiro atoms. The minimum Gasteiger partial charge on any atom is -0.478 e. The molecule has 0 saturated heterocycles. The van der Waals surface area contributed by atoms with Crippen molar-refractivity contribution in [2.24, 2.45) is 0 Å². The predicted octanol–water partition coefficient (Wildman–Crippen LogP) is 24.0. The van der Waals surface area contributed by atoms with E-state index in [1.807, 2.05) is 208 Å². The number of nitrogens with zero attached hydrogens (tertiary/aromatic N) is 16. The van der Waals surface area contributed by atoms with Crippen LogP contribution in [0.15, 0.2) is 262 Å². The van der Waals surface area contributed by atoms with Crippen LogP contribution in [-0.2, 0) is 27.2 Å². The van der Waals surface area contributed by atoms with Gasteiger partial charge in [0.1, 0.15) is 34.3 Å². The lowest BCUT2D eigenvalue weighted by Gasteiger charge is -2.18. The van der Waals surface area contributed by atoms with E-state index in [1.54, 1.807) is 19.1 Å². The van der Waals surface area contributed by atoms with E-state index < -0.39 is 5.97 Å². The Labute approximate surface area is 771 Å². The number of carbonyl (C=O) groups is 3. The number of ketones is 1. The highest BCUT2D eigenvalue weighted by atomic mass is 127. The minimum atomic E-state index is -0.947. The summed E-state index contributed by atoms with van der Waals surface area (Å²) in [7, 11) is 1.40. The topological polar surface area (TPSA) is 308 Å². The molecule has 0 fully saturated rings. The van der Waals surface area contributed by atoms with E-state index in [-0.39, 0.29) is 47.9 Å². The minimum absolute atomic E-state index is 0.0115. The van der Waals surface area contributed by atoms with Crippen LogP contribution in [0.4, 0.5) is 0 Å². The van der Waals surface area contributed by atoms with E-state index in [2.05, 4.69) is 189 Å². The molecule has 1 N–H and O–H groups in total. The number of hydrogen-bond acceptors (Lipinski definition) is 20. The number of hydrogen-bond donors (Lipinski definition) is 1. The number of carboxylic acids is 1. The van der Waals surface area contributed by atoms with Crippen LogP contribution in [0.3, 0.4) is 0 Å². The Morgan fingerprint density at radius 1 is 0.366 bits per heavy atom. The van der Waals surface area contributed by atoms with Crippen molar-refractivity contribution in [2.45, 2.75) is 153 Å². The largest absolute Gasteiger partial charge is 0.478 e. The molecule has 0 aliphatic carbocycles. The standard InChI is InChI=1S/C29H28N4O3.C29H28N4O2.C27H24N4O3.C20H19IN4O/c1-5-25(24-8-6-7-13-30-24)33-17-23(21-11-9-20(10-12-21)14-27(34)35-4)29-26(33)15-22(16-31-29)28-18(2)32-36-19(28)3;1-5-26(25-8-6-7-13-30-25)33-17-24(22-11-9-21(10-12-22)14-18(2)34)29-27(33)15-23(16-31-29)28-19(3)32-35-20(28)4;1-4-23(22-7-5-6-12-28-22)31-15-21(18-8-10-19(11-9-18)27(32)33)26-24(31)13-20(14-29-26)25-16(2)30-34-17(25)3;1-4-17(16-7-5-6-8-22-16)25-11-15(21)20-18(25)9-14(10-23-20)19-12(2)24-26-13(19)3/h6-13,15-17,25H,5,14H2,1-4H3;6-13,15-17,26H,5,14H2,1-4H3;5-15,23H,4H2,1-3H3,(H,32,33);5-11,17H,4H2,1-3H3/t25-;26-;23-;17-/m1110/s1. The van der Waals surface area contributed by atoms with Crippen LogP contribution >= 0.6 is 22.6 Å². The van der Waals surface area contributed by atoms with Crippen molar-refractivity contribution < 1.29 is 42.3 Å². The molecule has 0 saturated carbocycles. The maximum absolute atomic E-state index is 11.7. The first-order chi connectivity index (χ1) is 63.5. The Morgan fingerprint density at radius 3 is 0.908 bits per heavy atom. The Bertz CT molecular complexity index is 7220. The van der Waals surface area contributed by atoms with Crippen LogP contribution in [0.25, 0.3) is 122 Å². The summed E-state index contributed by atoms with van der Waals surface area (Å²) >= 11 is 2.35. The normalized spacial score (nSPS) is 12.3. The zero-order chi connectivity index (χ0) is 91.8. The van der Waals surface area contributed by atoms with Gasteiger partial charge >= 0.3 is 11.9 Å². The van der Waals surface area contributed by atoms with Crippen molar-refractivity contribution in [2.75, 3.05) is 7.11 Å². The SMILES string of the molecule is CC[C@@H](c1ccccn1)n1cc(I)c2ncc(-c3c(C)noc3C)cc21.CC[C@H](c1ccccn1)n1cc(-c2ccc(C(=O)O)cc2)c2ncc(-c3c(C)noc3C)cc21.CC[C@H](c1ccccn1)n1cc(-c2ccc(CC(=O)OC)cc2)c2ncc(-c3c(C)noc3C)cc21.CC[C@H](c1ccccn1)n1cc(-c2ccc(CC(C)=O)cc2)c2ncc(-c3c(C)noc3C)cc21. The van der Waals surface area contributed by atoms with Crippen LogP contribution in [-0.4, -0.2) is 109 Å². The van der Waals surface area contributed by atoms with Crippen molar-refractivity contribution >= 4 is 84.4 Å². The molecule has 131 heavy (non-hydrogen) atoms. The quantitative estimate of drug-likeness (QED) is 0.0434. The zero-order valence-corrected chi connectivity index (χ0v) is 77.6. The van der Waals surface area contributed by atoms with E-state index in [9.17, 15) is 19.5 Å². The van der Waals surface area contributed by atoms with Crippen molar-refractivity contribution in [3.8, 4) is 77.9 Å². The van der Waals surface area contributed by atoms with Crippen LogP contribution in [0, 0.1) is 59.0 Å². The maximum atomic E-state index is 11.7. The molecule has 26 heteroatoms. The number of carbonyl (C=O) groups excluding carboxylic acids is 2. The first-order valence-electron chi connectivity index (χ1n) is 43.7. The molecule has 0 amide bonds. The van der Waals surface area contributed by atoms with Gasteiger partial charge in [-0.25, -0.2) is 4.79 Å². The average Bonchev–Trinajstić information content (AvgIpc) is 1.60. The molecule has 0 aliphatic heterocycles. The first-order valence-corrected chi connectivity index (χ1v) is 44.7. The first kappa shape index (κ1) is 89.6. The van der Waals surface area contributed by atoms with Gasteiger partial charge in [0.05, 0.1) is 131 Å². The maximum Gasteiger partial charge on any atom is 0.335 e. The van der Waals surface area contributed by atoms with Gasteiger partial charge in [0.2, 0.25) is 0 Å². The molecule has 0 bridgehead atoms. The van der Waals surface area contributed by atoms with Crippen molar-refractivity contribution in [1.82, 2.24) is 78.8 Å². The second-order valence-corrected chi connectivity index (χ2v) is 33.7. The number of esters is 1. The molecule has 660 valence electrons. The second-order valence-electron chi connectivity index (χ2n) is 32.5. The lowest BCUT2D eigenvalue weighted by molar-refractivity contribution is -0.139. The highest BCUT2D eigenvalue weighted by molar-refractivity contribution is 14.1. The van der Waals surface area contributed by atoms with Gasteiger partial charge in [0.25, 0.3) is 0 Å². The summed E-state index contributed by atoms with van der Waals surface area (Å²) in [6.45, 7) is 25.7. The van der Waals surface area contributed by atoms with Gasteiger partial charge in [0.15, 0.2) is 0 Å². The van der Waals surface area contributed by atoms with Gasteiger partial charge in [0, 0.05) is 142 Å². The molecule has 16 heterocycles. The number of Topliss-reactive ketones (excluding diaryl/α,β-unsaturated/α-hetero) is 1. The number of rotatable bonds is 24. The third-order valence-corrected chi connectivity index (χ3v) is 24.7. The average molecular weight is 1860 g/mol. The summed E-state index contributed by atoms with van der Waals surface area (Å²) in [5.74, 6) is 2.06. The Morgan fingerprint density at radius 2 is 0.649 bits per heavy atom. The molecular formula is C105H99IN16O9. The third-order valence-electron chi connectivity index (χ3n) is 23.9. The number of ether oxygens (including phenoxy) is 1.